The van der Waals surface area contributed by atoms with E-state index in [-0.39, 0.29) is 0 Å². The van der Waals surface area contributed by atoms with Crippen molar-refractivity contribution >= 4 is 19.0 Å². The van der Waals surface area contributed by atoms with E-state index in [1.807, 2.05) is 31.2 Å². The van der Waals surface area contributed by atoms with Crippen LogP contribution >= 0.6 is 0 Å². The van der Waals surface area contributed by atoms with Gasteiger partial charge in [0.1, 0.15) is 15.0 Å². The van der Waals surface area contributed by atoms with E-state index in [1.54, 1.807) is 0 Å². The van der Waals surface area contributed by atoms with Crippen molar-refractivity contribution < 1.29 is 4.84 Å². The Morgan fingerprint density at radius 1 is 1.33 bits per heavy atom. The van der Waals surface area contributed by atoms with E-state index in [2.05, 4.69) is 9.99 Å². The van der Waals surface area contributed by atoms with Gasteiger partial charge in [0.2, 0.25) is 0 Å². The first-order valence-corrected chi connectivity index (χ1v) is 3.67. The Morgan fingerprint density at radius 2 is 1.92 bits per heavy atom. The summed E-state index contributed by atoms with van der Waals surface area (Å²) >= 11 is 0. The van der Waals surface area contributed by atoms with E-state index in [0.29, 0.717) is 0 Å². The SMILES string of the molecule is [B]c1ccc(/C(C)=N/OC)cc1. The third kappa shape index (κ3) is 2.12. The first-order valence-electron chi connectivity index (χ1n) is 3.67. The zero-order chi connectivity index (χ0) is 8.97. The van der Waals surface area contributed by atoms with Gasteiger partial charge in [-0.1, -0.05) is 34.9 Å². The van der Waals surface area contributed by atoms with Crippen LogP contribution in [-0.2, 0) is 4.84 Å². The molecule has 0 saturated carbocycles. The minimum atomic E-state index is 0.754. The van der Waals surface area contributed by atoms with Gasteiger partial charge < -0.3 is 4.84 Å². The van der Waals surface area contributed by atoms with E-state index < -0.39 is 0 Å². The summed E-state index contributed by atoms with van der Waals surface area (Å²) in [5.74, 6) is 0. The Hall–Kier alpha value is -1.25. The molecule has 0 atom stereocenters. The quantitative estimate of drug-likeness (QED) is 0.356. The van der Waals surface area contributed by atoms with Crippen molar-refractivity contribution in [2.45, 2.75) is 6.92 Å². The predicted molar refractivity (Wildman–Crippen MR) is 51.1 cm³/mol. The van der Waals surface area contributed by atoms with Crippen LogP contribution in [0.4, 0.5) is 0 Å². The Kier molecular flexibility index (Phi) is 2.91. The average molecular weight is 159 g/mol. The molecule has 0 spiro atoms. The Labute approximate surface area is 73.6 Å². The molecule has 3 heteroatoms. The summed E-state index contributed by atoms with van der Waals surface area (Å²) in [6.07, 6.45) is 0. The fourth-order valence-electron chi connectivity index (χ4n) is 0.914. The van der Waals surface area contributed by atoms with Crippen LogP contribution in [0, 0.1) is 0 Å². The van der Waals surface area contributed by atoms with E-state index in [4.69, 9.17) is 7.85 Å². The molecular weight excluding hydrogens is 149 g/mol. The molecule has 0 bridgehead atoms. The number of nitrogens with zero attached hydrogens (tertiary/aromatic N) is 1. The lowest BCUT2D eigenvalue weighted by atomic mass is 9.95. The second-order valence-corrected chi connectivity index (χ2v) is 2.48. The van der Waals surface area contributed by atoms with Crippen LogP contribution in [0.15, 0.2) is 29.4 Å². The zero-order valence-electron chi connectivity index (χ0n) is 7.24. The summed E-state index contributed by atoms with van der Waals surface area (Å²) in [6.45, 7) is 1.88. The van der Waals surface area contributed by atoms with Gasteiger partial charge in [0, 0.05) is 0 Å². The standard InChI is InChI=1S/C9H10BNO/c1-7(11-12-2)8-3-5-9(10)6-4-8/h3-6H,1-2H3/b11-7+. The molecule has 0 aliphatic rings. The van der Waals surface area contributed by atoms with Crippen LogP contribution in [0.5, 0.6) is 0 Å². The van der Waals surface area contributed by atoms with E-state index in [9.17, 15) is 0 Å². The van der Waals surface area contributed by atoms with Crippen molar-refractivity contribution in [3.05, 3.63) is 29.8 Å². The number of hydrogen-bond acceptors (Lipinski definition) is 2. The van der Waals surface area contributed by atoms with Gasteiger partial charge >= 0.3 is 0 Å². The van der Waals surface area contributed by atoms with E-state index in [0.717, 1.165) is 16.7 Å². The van der Waals surface area contributed by atoms with Gasteiger partial charge in [0.15, 0.2) is 0 Å². The highest BCUT2D eigenvalue weighted by Crippen LogP contribution is 1.98. The highest BCUT2D eigenvalue weighted by Gasteiger charge is 1.95. The normalized spacial score (nSPS) is 11.3. The molecule has 0 unspecified atom stereocenters. The van der Waals surface area contributed by atoms with E-state index in [1.165, 1.54) is 7.11 Å². The molecule has 0 aliphatic carbocycles. The molecule has 0 amide bonds. The largest absolute Gasteiger partial charge is 0.399 e. The average Bonchev–Trinajstić information content (AvgIpc) is 2.06. The lowest BCUT2D eigenvalue weighted by Gasteiger charge is -1.99. The number of benzene rings is 1. The Bertz CT molecular complexity index is 279. The van der Waals surface area contributed by atoms with Gasteiger partial charge in [-0.3, -0.25) is 0 Å². The van der Waals surface area contributed by atoms with Crippen LogP contribution in [0.25, 0.3) is 0 Å². The molecule has 12 heavy (non-hydrogen) atoms. The lowest BCUT2D eigenvalue weighted by molar-refractivity contribution is 0.213. The fourth-order valence-corrected chi connectivity index (χ4v) is 0.914. The van der Waals surface area contributed by atoms with Crippen molar-refractivity contribution in [1.82, 2.24) is 0 Å². The van der Waals surface area contributed by atoms with Crippen molar-refractivity contribution in [2.24, 2.45) is 5.16 Å². The molecule has 1 rings (SSSR count). The maximum absolute atomic E-state index is 5.53. The van der Waals surface area contributed by atoms with Gasteiger partial charge in [0.05, 0.1) is 5.71 Å². The predicted octanol–water partition coefficient (Wildman–Crippen LogP) is 0.851. The van der Waals surface area contributed by atoms with Crippen molar-refractivity contribution in [1.29, 1.82) is 0 Å². The van der Waals surface area contributed by atoms with Crippen molar-refractivity contribution in [3.8, 4) is 0 Å². The van der Waals surface area contributed by atoms with Crippen LogP contribution in [0.2, 0.25) is 0 Å². The molecule has 0 fully saturated rings. The van der Waals surface area contributed by atoms with Gasteiger partial charge in [-0.25, -0.2) is 0 Å². The van der Waals surface area contributed by atoms with Gasteiger partial charge in [0.25, 0.3) is 0 Å². The molecular formula is C9H10BNO. The molecule has 0 aromatic heterocycles. The van der Waals surface area contributed by atoms with Crippen LogP contribution in [0.1, 0.15) is 12.5 Å². The second-order valence-electron chi connectivity index (χ2n) is 2.48. The molecule has 1 aromatic rings. The second kappa shape index (κ2) is 3.95. The molecule has 0 saturated heterocycles. The van der Waals surface area contributed by atoms with Crippen molar-refractivity contribution in [3.63, 3.8) is 0 Å². The Morgan fingerprint density at radius 3 is 2.42 bits per heavy atom. The molecule has 2 radical (unpaired) electrons. The monoisotopic (exact) mass is 159 g/mol. The third-order valence-electron chi connectivity index (χ3n) is 1.56. The van der Waals surface area contributed by atoms with Crippen molar-refractivity contribution in [2.75, 3.05) is 7.11 Å². The van der Waals surface area contributed by atoms with Gasteiger partial charge in [-0.15, -0.1) is 0 Å². The minimum absolute atomic E-state index is 0.754. The fraction of sp³-hybridized carbons (Fsp3) is 0.222. The maximum atomic E-state index is 5.53. The summed E-state index contributed by atoms with van der Waals surface area (Å²) in [5, 5.41) is 3.80. The summed E-state index contributed by atoms with van der Waals surface area (Å²) in [5.41, 5.74) is 2.62. The zero-order valence-corrected chi connectivity index (χ0v) is 7.24. The first kappa shape index (κ1) is 8.85. The van der Waals surface area contributed by atoms with Crippen LogP contribution in [-0.4, -0.2) is 20.7 Å². The van der Waals surface area contributed by atoms with Crippen LogP contribution < -0.4 is 5.46 Å². The van der Waals surface area contributed by atoms with Crippen LogP contribution in [0.3, 0.4) is 0 Å². The molecule has 0 heterocycles. The Balaban J connectivity index is 2.89. The molecule has 0 N–H and O–H groups in total. The first-order chi connectivity index (χ1) is 5.74. The molecule has 60 valence electrons. The minimum Gasteiger partial charge on any atom is -0.399 e. The van der Waals surface area contributed by atoms with E-state index >= 15 is 0 Å². The topological polar surface area (TPSA) is 21.6 Å². The van der Waals surface area contributed by atoms with Gasteiger partial charge in [-0.2, -0.15) is 0 Å². The summed E-state index contributed by atoms with van der Waals surface area (Å²) in [4.78, 5) is 4.64. The maximum Gasteiger partial charge on any atom is 0.113 e. The molecule has 0 aliphatic heterocycles. The lowest BCUT2D eigenvalue weighted by Crippen LogP contribution is -2.03. The smallest absolute Gasteiger partial charge is 0.113 e. The molecule has 1 aromatic carbocycles. The number of rotatable bonds is 2. The summed E-state index contributed by atoms with van der Waals surface area (Å²) < 4.78 is 0. The van der Waals surface area contributed by atoms with Gasteiger partial charge in [-0.05, 0) is 12.5 Å². The number of oxime groups is 1. The number of hydrogen-bond donors (Lipinski definition) is 0. The third-order valence-corrected chi connectivity index (χ3v) is 1.56. The molecule has 2 nitrogen and oxygen atoms in total. The summed E-state index contributed by atoms with van der Waals surface area (Å²) in [7, 11) is 7.06. The highest BCUT2D eigenvalue weighted by atomic mass is 16.6. The highest BCUT2D eigenvalue weighted by molar-refractivity contribution is 6.32. The summed E-state index contributed by atoms with van der Waals surface area (Å²) in [6, 6.07) is 7.49.